The molecule has 2 saturated heterocycles. The Morgan fingerprint density at radius 3 is 1.59 bits per heavy atom. The molecule has 0 saturated carbocycles. The Labute approximate surface area is 222 Å². The highest BCUT2D eigenvalue weighted by Gasteiger charge is 2.35. The van der Waals surface area contributed by atoms with Gasteiger partial charge in [-0.15, -0.1) is 10.2 Å². The van der Waals surface area contributed by atoms with E-state index >= 15 is 0 Å². The molecule has 2 aliphatic rings. The van der Waals surface area contributed by atoms with E-state index in [1.165, 1.54) is 33.3 Å². The molecule has 2 aromatic carbocycles. The minimum atomic E-state index is -1.08. The standard InChI is InChI=1S/C25H26N6O4S2/c1-3-16(2)21(22(34)26-28-24-30(19(32)14-36-24)17-10-6-4-7-11-17)23(35)27-29-25-31(20(33)15-37-25)18-12-8-5-9-13-18/h4-13,16,21H,3,14-15H2,1-2H3,(H,26,34)(H,27,35)/b28-24+,29-25+. The number of thioether (sulfide) groups is 2. The van der Waals surface area contributed by atoms with Crippen molar-refractivity contribution in [3.05, 3.63) is 60.7 Å². The topological polar surface area (TPSA) is 124 Å². The second-order valence-corrected chi connectivity index (χ2v) is 10.2. The number of hydrogen-bond acceptors (Lipinski definition) is 8. The van der Waals surface area contributed by atoms with Crippen molar-refractivity contribution in [2.45, 2.75) is 20.3 Å². The van der Waals surface area contributed by atoms with Crippen LogP contribution in [0, 0.1) is 11.8 Å². The van der Waals surface area contributed by atoms with Crippen LogP contribution < -0.4 is 20.7 Å². The average Bonchev–Trinajstić information content (AvgIpc) is 3.48. The van der Waals surface area contributed by atoms with Crippen molar-refractivity contribution in [2.75, 3.05) is 21.3 Å². The predicted octanol–water partition coefficient (Wildman–Crippen LogP) is 2.98. The van der Waals surface area contributed by atoms with E-state index in [1.807, 2.05) is 43.3 Å². The zero-order valence-corrected chi connectivity index (χ0v) is 21.9. The highest BCUT2D eigenvalue weighted by atomic mass is 32.2. The molecule has 4 amide bonds. The summed E-state index contributed by atoms with van der Waals surface area (Å²) in [5.74, 6) is -2.52. The Morgan fingerprint density at radius 2 is 1.22 bits per heavy atom. The van der Waals surface area contributed by atoms with Crippen LogP contribution in [0.25, 0.3) is 0 Å². The van der Waals surface area contributed by atoms with Crippen molar-refractivity contribution in [3.8, 4) is 0 Å². The van der Waals surface area contributed by atoms with Gasteiger partial charge in [0.05, 0.1) is 22.9 Å². The van der Waals surface area contributed by atoms with Crippen LogP contribution in [0.1, 0.15) is 20.3 Å². The first-order valence-electron chi connectivity index (χ1n) is 11.7. The largest absolute Gasteiger partial charge is 0.273 e. The lowest BCUT2D eigenvalue weighted by Gasteiger charge is -2.21. The molecule has 37 heavy (non-hydrogen) atoms. The van der Waals surface area contributed by atoms with Gasteiger partial charge in [-0.2, -0.15) is 0 Å². The molecule has 0 radical (unpaired) electrons. The summed E-state index contributed by atoms with van der Waals surface area (Å²) < 4.78 is 0. The van der Waals surface area contributed by atoms with Gasteiger partial charge < -0.3 is 0 Å². The second kappa shape index (κ2) is 12.1. The molecular weight excluding hydrogens is 512 g/mol. The number of anilines is 2. The maximum atomic E-state index is 13.1. The first-order chi connectivity index (χ1) is 17.9. The molecule has 10 nitrogen and oxygen atoms in total. The van der Waals surface area contributed by atoms with E-state index in [4.69, 9.17) is 0 Å². The summed E-state index contributed by atoms with van der Waals surface area (Å²) in [6, 6.07) is 18.0. The summed E-state index contributed by atoms with van der Waals surface area (Å²) in [5, 5.41) is 8.98. The maximum Gasteiger partial charge on any atom is 0.253 e. The van der Waals surface area contributed by atoms with Crippen LogP contribution >= 0.6 is 23.5 Å². The fraction of sp³-hybridized carbons (Fsp3) is 0.280. The van der Waals surface area contributed by atoms with Crippen LogP contribution in [0.5, 0.6) is 0 Å². The maximum absolute atomic E-state index is 13.1. The quantitative estimate of drug-likeness (QED) is 0.394. The fourth-order valence-electron chi connectivity index (χ4n) is 3.77. The van der Waals surface area contributed by atoms with Gasteiger partial charge in [-0.1, -0.05) is 80.2 Å². The van der Waals surface area contributed by atoms with Crippen LogP contribution in [0.15, 0.2) is 70.9 Å². The Balaban J connectivity index is 1.48. The van der Waals surface area contributed by atoms with Crippen LogP contribution in [0.4, 0.5) is 11.4 Å². The molecule has 1 atom stereocenters. The molecule has 0 spiro atoms. The number of carbonyl (C=O) groups excluding carboxylic acids is 4. The second-order valence-electron chi connectivity index (χ2n) is 8.31. The van der Waals surface area contributed by atoms with E-state index in [2.05, 4.69) is 21.1 Å². The molecule has 2 fully saturated rings. The van der Waals surface area contributed by atoms with Gasteiger partial charge in [-0.05, 0) is 30.2 Å². The SMILES string of the molecule is CCC(C)C(C(=O)N/N=C1/SCC(=O)N1c1ccccc1)C(=O)N/N=C1/SCC(=O)N1c1ccccc1. The third-order valence-corrected chi connectivity index (χ3v) is 7.71. The van der Waals surface area contributed by atoms with Gasteiger partial charge in [-0.25, -0.2) is 10.9 Å². The fourth-order valence-corrected chi connectivity index (χ4v) is 5.42. The molecule has 0 aliphatic carbocycles. The lowest BCUT2D eigenvalue weighted by atomic mass is 9.90. The molecule has 2 heterocycles. The van der Waals surface area contributed by atoms with Crippen LogP contribution in [-0.4, -0.2) is 45.5 Å². The molecule has 2 N–H and O–H groups in total. The average molecular weight is 539 g/mol. The molecule has 0 bridgehead atoms. The molecule has 1 unspecified atom stereocenters. The number of amidine groups is 2. The van der Waals surface area contributed by atoms with Gasteiger partial charge in [0, 0.05) is 0 Å². The predicted molar refractivity (Wildman–Crippen MR) is 147 cm³/mol. The summed E-state index contributed by atoms with van der Waals surface area (Å²) in [6.45, 7) is 3.67. The lowest BCUT2D eigenvalue weighted by molar-refractivity contribution is -0.137. The number of nitrogens with zero attached hydrogens (tertiary/aromatic N) is 4. The Bertz CT molecular complexity index is 1150. The number of nitrogens with one attached hydrogen (secondary N) is 2. The summed E-state index contributed by atoms with van der Waals surface area (Å²) in [7, 11) is 0. The van der Waals surface area contributed by atoms with Gasteiger partial charge in [0.25, 0.3) is 11.8 Å². The Kier molecular flexibility index (Phi) is 8.62. The number of rotatable bonds is 8. The Hall–Kier alpha value is -3.64. The molecule has 2 aliphatic heterocycles. The van der Waals surface area contributed by atoms with Crippen molar-refractivity contribution in [3.63, 3.8) is 0 Å². The van der Waals surface area contributed by atoms with Crippen molar-refractivity contribution < 1.29 is 19.2 Å². The summed E-state index contributed by atoms with van der Waals surface area (Å²) in [4.78, 5) is 53.8. The van der Waals surface area contributed by atoms with Crippen molar-refractivity contribution in [2.24, 2.45) is 22.0 Å². The van der Waals surface area contributed by atoms with Crippen LogP contribution in [-0.2, 0) is 19.2 Å². The van der Waals surface area contributed by atoms with E-state index in [9.17, 15) is 19.2 Å². The molecule has 12 heteroatoms. The minimum Gasteiger partial charge on any atom is -0.273 e. The number of amides is 4. The number of hydrazone groups is 2. The van der Waals surface area contributed by atoms with Crippen molar-refractivity contribution in [1.29, 1.82) is 0 Å². The zero-order valence-electron chi connectivity index (χ0n) is 20.3. The third kappa shape index (κ3) is 6.03. The number of carbonyl (C=O) groups is 4. The van der Waals surface area contributed by atoms with Crippen molar-refractivity contribution in [1.82, 2.24) is 10.9 Å². The smallest absolute Gasteiger partial charge is 0.253 e. The normalized spacial score (nSPS) is 18.7. The van der Waals surface area contributed by atoms with E-state index in [1.54, 1.807) is 31.2 Å². The first-order valence-corrected chi connectivity index (χ1v) is 13.6. The highest BCUT2D eigenvalue weighted by Crippen LogP contribution is 2.27. The van der Waals surface area contributed by atoms with E-state index < -0.39 is 17.7 Å². The van der Waals surface area contributed by atoms with Gasteiger partial charge in [0.15, 0.2) is 10.3 Å². The summed E-state index contributed by atoms with van der Waals surface area (Å²) >= 11 is 2.41. The summed E-state index contributed by atoms with van der Waals surface area (Å²) in [5.41, 5.74) is 6.22. The molecule has 4 rings (SSSR count). The van der Waals surface area contributed by atoms with E-state index in [-0.39, 0.29) is 29.2 Å². The Morgan fingerprint density at radius 1 is 0.811 bits per heavy atom. The van der Waals surface area contributed by atoms with Gasteiger partial charge in [-0.3, -0.25) is 29.0 Å². The van der Waals surface area contributed by atoms with Gasteiger partial charge in [0.1, 0.15) is 5.92 Å². The van der Waals surface area contributed by atoms with Crippen molar-refractivity contribution >= 4 is 68.9 Å². The lowest BCUT2D eigenvalue weighted by Crippen LogP contribution is -2.43. The number of para-hydroxylation sites is 2. The molecule has 192 valence electrons. The van der Waals surface area contributed by atoms with Gasteiger partial charge in [0.2, 0.25) is 11.8 Å². The highest BCUT2D eigenvalue weighted by molar-refractivity contribution is 8.15. The first kappa shape index (κ1) is 26.4. The van der Waals surface area contributed by atoms with Crippen LogP contribution in [0.3, 0.4) is 0 Å². The van der Waals surface area contributed by atoms with Gasteiger partial charge >= 0.3 is 0 Å². The number of hydrogen-bond donors (Lipinski definition) is 2. The summed E-state index contributed by atoms with van der Waals surface area (Å²) in [6.07, 6.45) is 0.561. The molecule has 2 aromatic rings. The zero-order chi connectivity index (χ0) is 26.4. The monoisotopic (exact) mass is 538 g/mol. The number of benzene rings is 2. The molecule has 0 aromatic heterocycles. The van der Waals surface area contributed by atoms with E-state index in [0.717, 1.165) is 0 Å². The van der Waals surface area contributed by atoms with Crippen LogP contribution in [0.2, 0.25) is 0 Å². The molecular formula is C25H26N6O4S2. The minimum absolute atomic E-state index is 0.150. The van der Waals surface area contributed by atoms with E-state index in [0.29, 0.717) is 28.1 Å². The third-order valence-electron chi connectivity index (χ3n) is 5.86.